The van der Waals surface area contributed by atoms with Gasteiger partial charge in [-0.3, -0.25) is 14.4 Å². The number of hydrogen-bond acceptors (Lipinski definition) is 6. The van der Waals surface area contributed by atoms with Crippen LogP contribution in [-0.4, -0.2) is 24.4 Å². The number of benzene rings is 1. The normalized spacial score (nSPS) is 15.0. The van der Waals surface area contributed by atoms with Gasteiger partial charge < -0.3 is 20.5 Å². The topological polar surface area (TPSA) is 108 Å². The molecule has 8 heteroatoms. The first-order chi connectivity index (χ1) is 12.0. The third-order valence-electron chi connectivity index (χ3n) is 4.21. The molecule has 25 heavy (non-hydrogen) atoms. The van der Waals surface area contributed by atoms with Crippen LogP contribution in [-0.2, 0) is 17.6 Å². The molecule has 1 aromatic heterocycles. The van der Waals surface area contributed by atoms with Crippen molar-refractivity contribution in [3.63, 3.8) is 0 Å². The third kappa shape index (κ3) is 2.74. The maximum atomic E-state index is 12.5. The van der Waals surface area contributed by atoms with Gasteiger partial charge in [0.2, 0.25) is 6.79 Å². The van der Waals surface area contributed by atoms with Crippen molar-refractivity contribution in [3.8, 4) is 11.5 Å². The van der Waals surface area contributed by atoms with E-state index in [1.165, 1.54) is 11.3 Å². The van der Waals surface area contributed by atoms with Crippen molar-refractivity contribution in [3.05, 3.63) is 39.8 Å². The fraction of sp³-hybridized carbons (Fsp3) is 0.235. The minimum absolute atomic E-state index is 0.123. The zero-order chi connectivity index (χ0) is 17.6. The van der Waals surface area contributed by atoms with Crippen LogP contribution in [0.4, 0.5) is 5.00 Å². The van der Waals surface area contributed by atoms with Crippen LogP contribution in [0.25, 0.3) is 0 Å². The summed E-state index contributed by atoms with van der Waals surface area (Å²) in [7, 11) is 0. The Balaban J connectivity index is 1.65. The molecule has 1 aromatic carbocycles. The van der Waals surface area contributed by atoms with Crippen LogP contribution in [0.1, 0.15) is 37.6 Å². The molecule has 0 fully saturated rings. The minimum atomic E-state index is -0.604. The Morgan fingerprint density at radius 2 is 1.96 bits per heavy atom. The summed E-state index contributed by atoms with van der Waals surface area (Å²) in [5.41, 5.74) is 6.96. The van der Waals surface area contributed by atoms with Gasteiger partial charge in [0.25, 0.3) is 11.8 Å². The lowest BCUT2D eigenvalue weighted by Crippen LogP contribution is -2.19. The lowest BCUT2D eigenvalue weighted by atomic mass is 9.94. The van der Waals surface area contributed by atoms with E-state index in [-0.39, 0.29) is 24.9 Å². The van der Waals surface area contributed by atoms with Crippen molar-refractivity contribution in [2.75, 3.05) is 12.1 Å². The fourth-order valence-electron chi connectivity index (χ4n) is 3.01. The van der Waals surface area contributed by atoms with Crippen molar-refractivity contribution in [2.24, 2.45) is 5.73 Å². The van der Waals surface area contributed by atoms with Gasteiger partial charge in [0.05, 0.1) is 5.56 Å². The van der Waals surface area contributed by atoms with Crippen LogP contribution < -0.4 is 20.5 Å². The molecule has 0 bridgehead atoms. The van der Waals surface area contributed by atoms with Crippen LogP contribution in [0.5, 0.6) is 11.5 Å². The summed E-state index contributed by atoms with van der Waals surface area (Å²) in [4.78, 5) is 36.9. The number of ketones is 1. The Bertz CT molecular complexity index is 918. The Morgan fingerprint density at radius 3 is 2.76 bits per heavy atom. The van der Waals surface area contributed by atoms with Crippen molar-refractivity contribution < 1.29 is 23.9 Å². The van der Waals surface area contributed by atoms with Gasteiger partial charge in [0.1, 0.15) is 10.8 Å². The predicted molar refractivity (Wildman–Crippen MR) is 90.4 cm³/mol. The van der Waals surface area contributed by atoms with E-state index in [4.69, 9.17) is 15.2 Å². The Kier molecular flexibility index (Phi) is 3.69. The Morgan fingerprint density at radius 1 is 1.16 bits per heavy atom. The van der Waals surface area contributed by atoms with Gasteiger partial charge in [0.15, 0.2) is 11.5 Å². The summed E-state index contributed by atoms with van der Waals surface area (Å²) in [6, 6.07) is 4.85. The zero-order valence-corrected chi connectivity index (χ0v) is 13.9. The predicted octanol–water partition coefficient (Wildman–Crippen LogP) is 1.89. The van der Waals surface area contributed by atoms with Gasteiger partial charge in [-0.15, -0.1) is 11.3 Å². The first-order valence-electron chi connectivity index (χ1n) is 7.70. The number of Topliss-reactive ketones (excluding diaryl/α,β-unsaturated/α-hetero) is 1. The number of hydrogen-bond donors (Lipinski definition) is 2. The summed E-state index contributed by atoms with van der Waals surface area (Å²) in [6.07, 6.45) is 1.14. The molecule has 0 spiro atoms. The second-order valence-electron chi connectivity index (χ2n) is 5.81. The van der Waals surface area contributed by atoms with E-state index in [0.717, 1.165) is 10.4 Å². The number of fused-ring (bicyclic) bond motifs is 2. The van der Waals surface area contributed by atoms with E-state index < -0.39 is 5.91 Å². The molecule has 0 atom stereocenters. The van der Waals surface area contributed by atoms with Crippen molar-refractivity contribution in [1.82, 2.24) is 0 Å². The molecule has 2 heterocycles. The van der Waals surface area contributed by atoms with Crippen molar-refractivity contribution in [2.45, 2.75) is 19.3 Å². The maximum absolute atomic E-state index is 12.5. The second kappa shape index (κ2) is 5.89. The van der Waals surface area contributed by atoms with E-state index >= 15 is 0 Å². The molecule has 128 valence electrons. The monoisotopic (exact) mass is 358 g/mol. The Labute approximate surface area is 146 Å². The molecule has 0 unspecified atom stereocenters. The van der Waals surface area contributed by atoms with Gasteiger partial charge in [-0.05, 0) is 30.2 Å². The average Bonchev–Trinajstić information content (AvgIpc) is 3.17. The highest BCUT2D eigenvalue weighted by Gasteiger charge is 2.28. The molecule has 7 nitrogen and oxygen atoms in total. The summed E-state index contributed by atoms with van der Waals surface area (Å²) in [5.74, 6) is 0.218. The number of thiophene rings is 1. The quantitative estimate of drug-likeness (QED) is 0.871. The number of nitrogens with two attached hydrogens (primary N) is 1. The second-order valence-corrected chi connectivity index (χ2v) is 6.91. The summed E-state index contributed by atoms with van der Waals surface area (Å²) in [6.45, 7) is 0.123. The average molecular weight is 358 g/mol. The minimum Gasteiger partial charge on any atom is -0.454 e. The number of rotatable bonds is 3. The van der Waals surface area contributed by atoms with E-state index in [9.17, 15) is 14.4 Å². The van der Waals surface area contributed by atoms with Crippen LogP contribution >= 0.6 is 11.3 Å². The highest BCUT2D eigenvalue weighted by atomic mass is 32.1. The number of ether oxygens (including phenoxy) is 2. The molecule has 2 aromatic rings. The molecule has 1 aliphatic heterocycles. The molecule has 0 radical (unpaired) electrons. The van der Waals surface area contributed by atoms with Crippen LogP contribution in [0.15, 0.2) is 18.2 Å². The first kappa shape index (κ1) is 15.6. The van der Waals surface area contributed by atoms with E-state index in [2.05, 4.69) is 5.32 Å². The third-order valence-corrected chi connectivity index (χ3v) is 5.36. The number of nitrogens with one attached hydrogen (secondary N) is 1. The lowest BCUT2D eigenvalue weighted by Gasteiger charge is -2.10. The highest BCUT2D eigenvalue weighted by Crippen LogP contribution is 2.38. The summed E-state index contributed by atoms with van der Waals surface area (Å²) >= 11 is 1.23. The van der Waals surface area contributed by atoms with Crippen LogP contribution in [0.2, 0.25) is 0 Å². The fourth-order valence-corrected chi connectivity index (χ4v) is 4.29. The SMILES string of the molecule is NC(=O)c1c(NC(=O)c2ccc3c(c2)OCO3)sc2c1CCC(=O)C2. The molecule has 3 N–H and O–H groups in total. The molecule has 1 aliphatic carbocycles. The molecular weight excluding hydrogens is 344 g/mol. The number of amides is 2. The van der Waals surface area contributed by atoms with E-state index in [0.29, 0.717) is 40.5 Å². The van der Waals surface area contributed by atoms with E-state index in [1.54, 1.807) is 18.2 Å². The maximum Gasteiger partial charge on any atom is 0.256 e. The summed E-state index contributed by atoms with van der Waals surface area (Å²) < 4.78 is 10.5. The zero-order valence-electron chi connectivity index (χ0n) is 13.1. The van der Waals surface area contributed by atoms with Crippen molar-refractivity contribution >= 4 is 33.9 Å². The van der Waals surface area contributed by atoms with Gasteiger partial charge in [-0.25, -0.2) is 0 Å². The van der Waals surface area contributed by atoms with Crippen LogP contribution in [0, 0.1) is 0 Å². The van der Waals surface area contributed by atoms with Gasteiger partial charge in [0, 0.05) is 23.3 Å². The standard InChI is InChI=1S/C17H14N2O5S/c18-15(21)14-10-3-2-9(20)6-13(10)25-17(14)19-16(22)8-1-4-11-12(5-8)24-7-23-11/h1,4-5H,2-3,6-7H2,(H2,18,21)(H,19,22). The highest BCUT2D eigenvalue weighted by molar-refractivity contribution is 7.17. The van der Waals surface area contributed by atoms with Gasteiger partial charge in [-0.1, -0.05) is 0 Å². The number of anilines is 1. The smallest absolute Gasteiger partial charge is 0.256 e. The molecular formula is C17H14N2O5S. The Hall–Kier alpha value is -2.87. The number of carbonyl (C=O) groups is 3. The van der Waals surface area contributed by atoms with Crippen molar-refractivity contribution in [1.29, 1.82) is 0 Å². The lowest BCUT2D eigenvalue weighted by molar-refractivity contribution is -0.118. The molecule has 2 aliphatic rings. The number of primary amides is 1. The van der Waals surface area contributed by atoms with Crippen LogP contribution in [0.3, 0.4) is 0 Å². The molecule has 0 saturated heterocycles. The number of carbonyl (C=O) groups excluding carboxylic acids is 3. The van der Waals surface area contributed by atoms with Gasteiger partial charge in [-0.2, -0.15) is 0 Å². The molecule has 2 amide bonds. The molecule has 0 saturated carbocycles. The first-order valence-corrected chi connectivity index (χ1v) is 8.51. The van der Waals surface area contributed by atoms with E-state index in [1.807, 2.05) is 0 Å². The summed E-state index contributed by atoms with van der Waals surface area (Å²) in [5, 5.41) is 3.13. The van der Waals surface area contributed by atoms with Gasteiger partial charge >= 0.3 is 0 Å². The molecule has 4 rings (SSSR count). The largest absolute Gasteiger partial charge is 0.454 e.